The summed E-state index contributed by atoms with van der Waals surface area (Å²) in [4.78, 5) is 34.1. The lowest BCUT2D eigenvalue weighted by Crippen LogP contribution is -2.23. The van der Waals surface area contributed by atoms with Crippen LogP contribution in [0, 0.1) is 26.7 Å². The highest BCUT2D eigenvalue weighted by atomic mass is 32.2. The van der Waals surface area contributed by atoms with E-state index in [0.29, 0.717) is 11.1 Å². The van der Waals surface area contributed by atoms with Gasteiger partial charge in [-0.15, -0.1) is 11.3 Å². The molecule has 0 amide bonds. The van der Waals surface area contributed by atoms with Gasteiger partial charge in [0.25, 0.3) is 5.56 Å². The number of nitrogens with zero attached hydrogens (tertiary/aromatic N) is 2. The van der Waals surface area contributed by atoms with E-state index in [1.807, 2.05) is 50.2 Å². The Morgan fingerprint density at radius 3 is 2.62 bits per heavy atom. The van der Waals surface area contributed by atoms with Gasteiger partial charge >= 0.3 is 0 Å². The van der Waals surface area contributed by atoms with E-state index in [9.17, 15) is 9.59 Å². The zero-order valence-electron chi connectivity index (χ0n) is 20.0. The summed E-state index contributed by atoms with van der Waals surface area (Å²) in [7, 11) is 0. The maximum atomic E-state index is 13.8. The lowest BCUT2D eigenvalue weighted by molar-refractivity contribution is 0.102. The van der Waals surface area contributed by atoms with Crippen molar-refractivity contribution in [2.75, 3.05) is 5.75 Å². The number of hydrogen-bond acceptors (Lipinski definition) is 5. The largest absolute Gasteiger partial charge is 0.293 e. The monoisotopic (exact) mass is 488 g/mol. The molecule has 4 nitrogen and oxygen atoms in total. The molecular formula is C28H28N2O2S2. The third-order valence-corrected chi connectivity index (χ3v) is 8.87. The van der Waals surface area contributed by atoms with Gasteiger partial charge < -0.3 is 0 Å². The number of benzene rings is 2. The maximum absolute atomic E-state index is 13.8. The van der Waals surface area contributed by atoms with E-state index in [1.165, 1.54) is 27.8 Å². The molecule has 0 spiro atoms. The molecule has 6 heteroatoms. The number of hydrogen-bond donors (Lipinski definition) is 0. The van der Waals surface area contributed by atoms with Crippen LogP contribution in [-0.2, 0) is 12.8 Å². The fourth-order valence-corrected chi connectivity index (χ4v) is 7.06. The second-order valence-corrected chi connectivity index (χ2v) is 11.4. The maximum Gasteiger partial charge on any atom is 0.267 e. The van der Waals surface area contributed by atoms with Crippen molar-refractivity contribution in [1.29, 1.82) is 0 Å². The molecule has 4 aromatic rings. The second-order valence-electron chi connectivity index (χ2n) is 9.37. The molecule has 1 unspecified atom stereocenters. The van der Waals surface area contributed by atoms with Crippen LogP contribution in [0.2, 0.25) is 0 Å². The van der Waals surface area contributed by atoms with Crippen LogP contribution in [0.4, 0.5) is 0 Å². The van der Waals surface area contributed by atoms with E-state index in [4.69, 9.17) is 4.98 Å². The van der Waals surface area contributed by atoms with Gasteiger partial charge in [-0.25, -0.2) is 4.98 Å². The van der Waals surface area contributed by atoms with Gasteiger partial charge in [-0.1, -0.05) is 43.0 Å². The summed E-state index contributed by atoms with van der Waals surface area (Å²) in [6, 6.07) is 13.7. The average molecular weight is 489 g/mol. The predicted octanol–water partition coefficient (Wildman–Crippen LogP) is 6.47. The highest BCUT2D eigenvalue weighted by molar-refractivity contribution is 7.99. The molecule has 1 aliphatic carbocycles. The molecule has 0 saturated heterocycles. The van der Waals surface area contributed by atoms with E-state index in [0.717, 1.165) is 51.9 Å². The summed E-state index contributed by atoms with van der Waals surface area (Å²) in [5.74, 6) is 0.916. The summed E-state index contributed by atoms with van der Waals surface area (Å²) in [5, 5.41) is 1.33. The molecule has 0 aliphatic heterocycles. The van der Waals surface area contributed by atoms with Crippen LogP contribution in [0.15, 0.2) is 52.4 Å². The SMILES string of the molecule is Cc1cc(C)c(C(=O)CSc2nc3sc4c(c3c(=O)n2-c2ccccc2)CCC(C)C4)cc1C. The first-order chi connectivity index (χ1) is 16.3. The van der Waals surface area contributed by atoms with Gasteiger partial charge in [0, 0.05) is 10.4 Å². The molecule has 2 aromatic carbocycles. The summed E-state index contributed by atoms with van der Waals surface area (Å²) < 4.78 is 1.69. The molecule has 0 radical (unpaired) electrons. The normalized spacial score (nSPS) is 15.5. The number of aromatic nitrogens is 2. The smallest absolute Gasteiger partial charge is 0.267 e. The van der Waals surface area contributed by atoms with E-state index in [-0.39, 0.29) is 17.1 Å². The van der Waals surface area contributed by atoms with Crippen LogP contribution in [0.25, 0.3) is 15.9 Å². The second kappa shape index (κ2) is 9.16. The molecular weight excluding hydrogens is 460 g/mol. The molecule has 0 N–H and O–H groups in total. The molecule has 1 atom stereocenters. The van der Waals surface area contributed by atoms with Gasteiger partial charge in [-0.3, -0.25) is 14.2 Å². The number of para-hydroxylation sites is 1. The first kappa shape index (κ1) is 23.1. The number of thiophene rings is 1. The Labute approximate surface area is 208 Å². The third kappa shape index (κ3) is 4.14. The van der Waals surface area contributed by atoms with Crippen molar-refractivity contribution >= 4 is 39.1 Å². The van der Waals surface area contributed by atoms with Crippen LogP contribution >= 0.6 is 23.1 Å². The minimum absolute atomic E-state index is 0.0273. The number of thioether (sulfide) groups is 1. The Bertz CT molecular complexity index is 1470. The molecule has 2 aromatic heterocycles. The number of Topliss-reactive ketones (excluding diaryl/α,β-unsaturated/α-hetero) is 1. The summed E-state index contributed by atoms with van der Waals surface area (Å²) in [5.41, 5.74) is 5.95. The topological polar surface area (TPSA) is 52.0 Å². The molecule has 2 heterocycles. The van der Waals surface area contributed by atoms with Gasteiger partial charge in [0.15, 0.2) is 10.9 Å². The van der Waals surface area contributed by atoms with Crippen molar-refractivity contribution in [3.8, 4) is 5.69 Å². The third-order valence-electron chi connectivity index (χ3n) is 6.79. The molecule has 0 bridgehead atoms. The van der Waals surface area contributed by atoms with Crippen molar-refractivity contribution in [3.05, 3.63) is 85.5 Å². The Balaban J connectivity index is 1.58. The average Bonchev–Trinajstić information content (AvgIpc) is 3.18. The van der Waals surface area contributed by atoms with Crippen LogP contribution in [0.3, 0.4) is 0 Å². The minimum atomic E-state index is -0.0273. The lowest BCUT2D eigenvalue weighted by atomic mass is 9.89. The Hall–Kier alpha value is -2.70. The van der Waals surface area contributed by atoms with E-state index < -0.39 is 0 Å². The number of carbonyl (C=O) groups is 1. The van der Waals surface area contributed by atoms with Crippen LogP contribution in [-0.4, -0.2) is 21.1 Å². The van der Waals surface area contributed by atoms with Crippen LogP contribution < -0.4 is 5.56 Å². The molecule has 5 rings (SSSR count). The van der Waals surface area contributed by atoms with Gasteiger partial charge in [-0.2, -0.15) is 0 Å². The van der Waals surface area contributed by atoms with Crippen molar-refractivity contribution < 1.29 is 4.79 Å². The van der Waals surface area contributed by atoms with Gasteiger partial charge in [0.1, 0.15) is 4.83 Å². The first-order valence-corrected chi connectivity index (χ1v) is 13.5. The molecule has 0 fully saturated rings. The number of fused-ring (bicyclic) bond motifs is 3. The van der Waals surface area contributed by atoms with Gasteiger partial charge in [0.05, 0.1) is 16.8 Å². The van der Waals surface area contributed by atoms with Gasteiger partial charge in [-0.05, 0) is 86.4 Å². The zero-order chi connectivity index (χ0) is 24.0. The molecule has 0 saturated carbocycles. The number of rotatable bonds is 5. The van der Waals surface area contributed by atoms with Crippen molar-refractivity contribution in [2.24, 2.45) is 5.92 Å². The van der Waals surface area contributed by atoms with E-state index in [2.05, 4.69) is 19.9 Å². The van der Waals surface area contributed by atoms with E-state index in [1.54, 1.807) is 15.9 Å². The van der Waals surface area contributed by atoms with Crippen molar-refractivity contribution in [3.63, 3.8) is 0 Å². The minimum Gasteiger partial charge on any atom is -0.293 e. The number of carbonyl (C=O) groups excluding carboxylic acids is 1. The fraction of sp³-hybridized carbons (Fsp3) is 0.321. The predicted molar refractivity (Wildman–Crippen MR) is 142 cm³/mol. The fourth-order valence-electron chi connectivity index (χ4n) is 4.74. The first-order valence-electron chi connectivity index (χ1n) is 11.7. The van der Waals surface area contributed by atoms with Gasteiger partial charge in [0.2, 0.25) is 0 Å². The van der Waals surface area contributed by atoms with Crippen LogP contribution in [0.1, 0.15) is 50.8 Å². The van der Waals surface area contributed by atoms with Crippen LogP contribution in [0.5, 0.6) is 0 Å². The quantitative estimate of drug-likeness (QED) is 0.183. The van der Waals surface area contributed by atoms with E-state index >= 15 is 0 Å². The molecule has 174 valence electrons. The number of ketones is 1. The summed E-state index contributed by atoms with van der Waals surface area (Å²) >= 11 is 3.00. The standard InChI is InChI=1S/C28H28N2O2S2/c1-16-10-11-21-24(12-16)34-26-25(21)27(32)30(20-8-6-5-7-9-20)28(29-26)33-15-23(31)22-14-18(3)17(2)13-19(22)4/h5-9,13-14,16H,10-12,15H2,1-4H3. The Morgan fingerprint density at radius 2 is 1.85 bits per heavy atom. The highest BCUT2D eigenvalue weighted by Gasteiger charge is 2.25. The Kier molecular flexibility index (Phi) is 6.21. The van der Waals surface area contributed by atoms with Crippen molar-refractivity contribution in [2.45, 2.75) is 52.1 Å². The highest BCUT2D eigenvalue weighted by Crippen LogP contribution is 2.37. The molecule has 1 aliphatic rings. The molecule has 34 heavy (non-hydrogen) atoms. The summed E-state index contributed by atoms with van der Waals surface area (Å²) in [6.07, 6.45) is 3.04. The Morgan fingerprint density at radius 1 is 1.12 bits per heavy atom. The summed E-state index contributed by atoms with van der Waals surface area (Å²) in [6.45, 7) is 8.33. The zero-order valence-corrected chi connectivity index (χ0v) is 21.6. The number of aryl methyl sites for hydroxylation is 4. The van der Waals surface area contributed by atoms with Crippen molar-refractivity contribution in [1.82, 2.24) is 9.55 Å². The lowest BCUT2D eigenvalue weighted by Gasteiger charge is -2.18.